The molecule has 5 rings (SSSR count). The topological polar surface area (TPSA) is 93.9 Å². The summed E-state index contributed by atoms with van der Waals surface area (Å²) in [6.45, 7) is 3.13. The van der Waals surface area contributed by atoms with E-state index < -0.39 is 29.5 Å². The normalized spacial score (nSPS) is 15.8. The van der Waals surface area contributed by atoms with Crippen molar-refractivity contribution < 1.29 is 23.5 Å². The van der Waals surface area contributed by atoms with Gasteiger partial charge in [0.2, 0.25) is 0 Å². The molecule has 1 aliphatic heterocycles. The molecule has 0 N–H and O–H groups in total. The molecule has 32 heavy (non-hydrogen) atoms. The highest BCUT2D eigenvalue weighted by Crippen LogP contribution is 2.29. The number of fused-ring (bicyclic) bond motifs is 3. The Morgan fingerprint density at radius 1 is 1.03 bits per heavy atom. The van der Waals surface area contributed by atoms with Crippen LogP contribution in [0.1, 0.15) is 56.3 Å². The van der Waals surface area contributed by atoms with Crippen LogP contribution in [0.4, 0.5) is 0 Å². The Morgan fingerprint density at radius 2 is 1.75 bits per heavy atom. The van der Waals surface area contributed by atoms with Crippen LogP contribution in [0.15, 0.2) is 45.6 Å². The van der Waals surface area contributed by atoms with Crippen molar-refractivity contribution in [1.82, 2.24) is 4.90 Å². The van der Waals surface area contributed by atoms with Crippen LogP contribution in [0, 0.1) is 6.92 Å². The van der Waals surface area contributed by atoms with Crippen LogP contribution in [-0.2, 0) is 29.0 Å². The van der Waals surface area contributed by atoms with E-state index in [1.165, 1.54) is 24.1 Å². The zero-order valence-corrected chi connectivity index (χ0v) is 17.8. The molecular formula is C25H21NO6. The molecule has 2 aliphatic rings. The minimum absolute atomic E-state index is 0.160. The lowest BCUT2D eigenvalue weighted by molar-refractivity contribution is -0.149. The third kappa shape index (κ3) is 3.21. The zero-order valence-electron chi connectivity index (χ0n) is 17.8. The van der Waals surface area contributed by atoms with E-state index in [1.807, 2.05) is 19.1 Å². The van der Waals surface area contributed by atoms with Gasteiger partial charge in [-0.15, -0.1) is 0 Å². The Hall–Kier alpha value is -3.74. The fourth-order valence-corrected chi connectivity index (χ4v) is 4.51. The van der Waals surface area contributed by atoms with Gasteiger partial charge in [-0.2, -0.15) is 0 Å². The van der Waals surface area contributed by atoms with Crippen molar-refractivity contribution >= 4 is 28.8 Å². The standard InChI is InChI=1S/C25H21NO6/c1-13-6-7-18-20(8-13)24(29)26(23(18)28)14(2)25(30)31-12-17-11-22(27)32-21-10-16-5-3-4-15(16)9-19(17)21/h6-11,14H,3-5,12H2,1-2H3. The van der Waals surface area contributed by atoms with Crippen molar-refractivity contribution in [2.75, 3.05) is 0 Å². The second kappa shape index (κ2) is 7.44. The van der Waals surface area contributed by atoms with Crippen LogP contribution in [0.2, 0.25) is 0 Å². The highest BCUT2D eigenvalue weighted by molar-refractivity contribution is 6.22. The van der Waals surface area contributed by atoms with E-state index in [9.17, 15) is 19.2 Å². The van der Waals surface area contributed by atoms with Gasteiger partial charge in [0.15, 0.2) is 0 Å². The van der Waals surface area contributed by atoms with Crippen molar-refractivity contribution in [3.8, 4) is 0 Å². The predicted octanol–water partition coefficient (Wildman–Crippen LogP) is 3.32. The Balaban J connectivity index is 1.37. The average molecular weight is 431 g/mol. The molecule has 7 nitrogen and oxygen atoms in total. The van der Waals surface area contributed by atoms with E-state index in [-0.39, 0.29) is 17.7 Å². The first-order valence-corrected chi connectivity index (χ1v) is 10.6. The lowest BCUT2D eigenvalue weighted by Gasteiger charge is -2.21. The third-order valence-corrected chi connectivity index (χ3v) is 6.21. The van der Waals surface area contributed by atoms with Crippen molar-refractivity contribution in [2.45, 2.75) is 45.8 Å². The second-order valence-corrected chi connectivity index (χ2v) is 8.37. The molecule has 0 saturated carbocycles. The molecule has 2 heterocycles. The number of aryl methyl sites for hydroxylation is 3. The lowest BCUT2D eigenvalue weighted by atomic mass is 10.0. The molecule has 162 valence electrons. The van der Waals surface area contributed by atoms with E-state index in [0.29, 0.717) is 11.1 Å². The molecule has 0 saturated heterocycles. The molecule has 2 aromatic carbocycles. The highest BCUT2D eigenvalue weighted by atomic mass is 16.5. The molecule has 1 atom stereocenters. The van der Waals surface area contributed by atoms with Crippen LogP contribution in [-0.4, -0.2) is 28.7 Å². The summed E-state index contributed by atoms with van der Waals surface area (Å²) >= 11 is 0. The summed E-state index contributed by atoms with van der Waals surface area (Å²) in [5.74, 6) is -1.76. The van der Waals surface area contributed by atoms with Gasteiger partial charge in [0, 0.05) is 17.0 Å². The van der Waals surface area contributed by atoms with Crippen LogP contribution >= 0.6 is 0 Å². The smallest absolute Gasteiger partial charge is 0.336 e. The minimum Gasteiger partial charge on any atom is -0.459 e. The summed E-state index contributed by atoms with van der Waals surface area (Å²) in [6, 6.07) is 9.07. The van der Waals surface area contributed by atoms with Gasteiger partial charge in [0.05, 0.1) is 11.1 Å². The molecule has 0 radical (unpaired) electrons. The predicted molar refractivity (Wildman–Crippen MR) is 115 cm³/mol. The fourth-order valence-electron chi connectivity index (χ4n) is 4.51. The maximum Gasteiger partial charge on any atom is 0.336 e. The number of imide groups is 1. The molecule has 0 bridgehead atoms. The van der Waals surface area contributed by atoms with Gasteiger partial charge in [-0.25, -0.2) is 9.59 Å². The number of carbonyl (C=O) groups is 3. The zero-order chi connectivity index (χ0) is 22.6. The molecular weight excluding hydrogens is 410 g/mol. The summed E-state index contributed by atoms with van der Waals surface area (Å²) in [6.07, 6.45) is 2.96. The highest BCUT2D eigenvalue weighted by Gasteiger charge is 2.41. The summed E-state index contributed by atoms with van der Waals surface area (Å²) < 4.78 is 10.8. The van der Waals surface area contributed by atoms with Crippen molar-refractivity contribution in [2.24, 2.45) is 0 Å². The van der Waals surface area contributed by atoms with Crippen LogP contribution in [0.3, 0.4) is 0 Å². The molecule has 7 heteroatoms. The summed E-state index contributed by atoms with van der Waals surface area (Å²) in [7, 11) is 0. The van der Waals surface area contributed by atoms with Gasteiger partial charge in [-0.3, -0.25) is 14.5 Å². The number of carbonyl (C=O) groups excluding carboxylic acids is 3. The van der Waals surface area contributed by atoms with E-state index >= 15 is 0 Å². The van der Waals surface area contributed by atoms with Gasteiger partial charge in [-0.1, -0.05) is 11.6 Å². The third-order valence-electron chi connectivity index (χ3n) is 6.21. The molecule has 1 unspecified atom stereocenters. The van der Waals surface area contributed by atoms with Gasteiger partial charge >= 0.3 is 11.6 Å². The van der Waals surface area contributed by atoms with E-state index in [0.717, 1.165) is 35.1 Å². The first-order valence-electron chi connectivity index (χ1n) is 10.6. The van der Waals surface area contributed by atoms with Crippen molar-refractivity contribution in [3.05, 3.63) is 80.2 Å². The Morgan fingerprint density at radius 3 is 2.53 bits per heavy atom. The SMILES string of the molecule is Cc1ccc2c(c1)C(=O)N(C(C)C(=O)OCc1cc(=O)oc3cc4c(cc13)CCC4)C2=O. The number of amides is 2. The monoisotopic (exact) mass is 431 g/mol. The summed E-state index contributed by atoms with van der Waals surface area (Å²) in [4.78, 5) is 51.2. The number of rotatable bonds is 4. The van der Waals surface area contributed by atoms with E-state index in [2.05, 4.69) is 0 Å². The first-order chi connectivity index (χ1) is 15.3. The minimum atomic E-state index is -1.10. The van der Waals surface area contributed by atoms with Crippen LogP contribution < -0.4 is 5.63 Å². The number of hydrogen-bond acceptors (Lipinski definition) is 6. The maximum atomic E-state index is 12.8. The Labute approximate surface area is 183 Å². The van der Waals surface area contributed by atoms with Crippen molar-refractivity contribution in [1.29, 1.82) is 0 Å². The lowest BCUT2D eigenvalue weighted by Crippen LogP contribution is -2.43. The van der Waals surface area contributed by atoms with Crippen LogP contribution in [0.5, 0.6) is 0 Å². The quantitative estimate of drug-likeness (QED) is 0.357. The van der Waals surface area contributed by atoms with Crippen LogP contribution in [0.25, 0.3) is 11.0 Å². The van der Waals surface area contributed by atoms with Gasteiger partial charge < -0.3 is 9.15 Å². The molecule has 3 aromatic rings. The molecule has 0 fully saturated rings. The first kappa shape index (κ1) is 20.2. The van der Waals surface area contributed by atoms with Crippen molar-refractivity contribution in [3.63, 3.8) is 0 Å². The summed E-state index contributed by atoms with van der Waals surface area (Å²) in [5, 5.41) is 0.724. The molecule has 1 aromatic heterocycles. The number of nitrogens with zero attached hydrogens (tertiary/aromatic N) is 1. The van der Waals surface area contributed by atoms with E-state index in [1.54, 1.807) is 18.2 Å². The number of ether oxygens (including phenoxy) is 1. The Kier molecular flexibility index (Phi) is 4.69. The Bertz CT molecular complexity index is 1370. The van der Waals surface area contributed by atoms with Gasteiger partial charge in [0.1, 0.15) is 18.2 Å². The molecule has 0 spiro atoms. The molecule has 1 aliphatic carbocycles. The van der Waals surface area contributed by atoms with E-state index in [4.69, 9.17) is 9.15 Å². The second-order valence-electron chi connectivity index (χ2n) is 8.37. The van der Waals surface area contributed by atoms with Gasteiger partial charge in [0.25, 0.3) is 11.8 Å². The largest absolute Gasteiger partial charge is 0.459 e. The number of esters is 1. The number of benzene rings is 2. The number of hydrogen-bond donors (Lipinski definition) is 0. The average Bonchev–Trinajstić information content (AvgIpc) is 3.31. The molecule has 2 amide bonds. The maximum absolute atomic E-state index is 12.8. The van der Waals surface area contributed by atoms with Gasteiger partial charge in [-0.05, 0) is 68.5 Å². The fraction of sp³-hybridized carbons (Fsp3) is 0.280. The summed E-state index contributed by atoms with van der Waals surface area (Å²) in [5.41, 5.74) is 4.26.